The van der Waals surface area contributed by atoms with Gasteiger partial charge in [-0.15, -0.1) is 4.40 Å². The van der Waals surface area contributed by atoms with E-state index in [0.29, 0.717) is 6.42 Å². The molecular weight excluding hydrogens is 346 g/mol. The van der Waals surface area contributed by atoms with Crippen LogP contribution in [0, 0.1) is 5.92 Å². The maximum absolute atomic E-state index is 12.5. The van der Waals surface area contributed by atoms with Crippen LogP contribution in [-0.4, -0.2) is 20.4 Å². The monoisotopic (exact) mass is 371 g/mol. The number of hydrogen-bond donors (Lipinski definition) is 0. The van der Waals surface area contributed by atoms with Crippen LogP contribution in [0.15, 0.2) is 76.0 Å². The molecule has 138 valence electrons. The number of hydrogen-bond acceptors (Lipinski definition) is 3. The fraction of sp³-hybridized carbons (Fsp3) is 0.286. The molecule has 0 radical (unpaired) electrons. The van der Waals surface area contributed by atoms with Gasteiger partial charge in [0.25, 0.3) is 10.0 Å². The predicted octanol–water partition coefficient (Wildman–Crippen LogP) is 4.94. The van der Waals surface area contributed by atoms with Crippen molar-refractivity contribution in [1.82, 2.24) is 0 Å². The minimum absolute atomic E-state index is 0.153. The van der Waals surface area contributed by atoms with Gasteiger partial charge in [-0.05, 0) is 38.0 Å². The van der Waals surface area contributed by atoms with E-state index in [2.05, 4.69) is 4.40 Å². The Balaban J connectivity index is 2.19. The Kier molecular flexibility index (Phi) is 7.16. The molecule has 0 saturated carbocycles. The first kappa shape index (κ1) is 19.9. The van der Waals surface area contributed by atoms with Crippen molar-refractivity contribution in [1.29, 1.82) is 0 Å². The van der Waals surface area contributed by atoms with Crippen molar-refractivity contribution in [2.24, 2.45) is 10.3 Å². The lowest BCUT2D eigenvalue weighted by Gasteiger charge is -2.17. The molecule has 0 aliphatic rings. The van der Waals surface area contributed by atoms with E-state index in [1.165, 1.54) is 12.1 Å². The summed E-state index contributed by atoms with van der Waals surface area (Å²) in [4.78, 5) is 0.164. The van der Waals surface area contributed by atoms with E-state index in [0.717, 1.165) is 5.56 Å². The predicted molar refractivity (Wildman–Crippen MR) is 107 cm³/mol. The van der Waals surface area contributed by atoms with E-state index in [4.69, 9.17) is 4.74 Å². The van der Waals surface area contributed by atoms with Gasteiger partial charge >= 0.3 is 0 Å². The Morgan fingerprint density at radius 3 is 2.15 bits per heavy atom. The van der Waals surface area contributed by atoms with Crippen LogP contribution in [0.1, 0.15) is 32.8 Å². The van der Waals surface area contributed by atoms with Crippen LogP contribution in [0.3, 0.4) is 0 Å². The Labute approximate surface area is 156 Å². The van der Waals surface area contributed by atoms with Crippen LogP contribution < -0.4 is 0 Å². The molecule has 26 heavy (non-hydrogen) atoms. The van der Waals surface area contributed by atoms with Crippen molar-refractivity contribution >= 4 is 22.0 Å². The van der Waals surface area contributed by atoms with Crippen molar-refractivity contribution < 1.29 is 13.2 Å². The first-order chi connectivity index (χ1) is 12.4. The Morgan fingerprint density at radius 2 is 1.58 bits per heavy atom. The molecule has 4 nitrogen and oxygen atoms in total. The summed E-state index contributed by atoms with van der Waals surface area (Å²) < 4.78 is 34.8. The normalized spacial score (nSPS) is 13.9. The lowest BCUT2D eigenvalue weighted by atomic mass is 10.1. The van der Waals surface area contributed by atoms with E-state index >= 15 is 0 Å². The van der Waals surface area contributed by atoms with Crippen LogP contribution in [-0.2, 0) is 14.8 Å². The van der Waals surface area contributed by atoms with Gasteiger partial charge in [-0.3, -0.25) is 0 Å². The van der Waals surface area contributed by atoms with E-state index in [-0.39, 0.29) is 22.8 Å². The molecule has 5 heteroatoms. The second-order valence-electron chi connectivity index (χ2n) is 6.33. The third kappa shape index (κ3) is 6.15. The highest BCUT2D eigenvalue weighted by atomic mass is 32.2. The second kappa shape index (κ2) is 9.34. The topological polar surface area (TPSA) is 55.7 Å². The minimum Gasteiger partial charge on any atom is -0.477 e. The third-order valence-electron chi connectivity index (χ3n) is 3.63. The summed E-state index contributed by atoms with van der Waals surface area (Å²) >= 11 is 0. The second-order valence-corrected chi connectivity index (χ2v) is 7.94. The SMILES string of the molecule is CC(C)O/C(=N\S(=O)(=O)c1ccccc1)C(C)C/C=C/c1ccccc1. The average Bonchev–Trinajstić information content (AvgIpc) is 2.62. The molecular formula is C21H25NO3S. The molecule has 0 amide bonds. The molecule has 0 aliphatic carbocycles. The van der Waals surface area contributed by atoms with E-state index in [9.17, 15) is 8.42 Å². The zero-order chi connectivity index (χ0) is 19.0. The highest BCUT2D eigenvalue weighted by Crippen LogP contribution is 2.17. The standard InChI is InChI=1S/C21H25NO3S/c1-17(2)25-21(22-26(23,24)20-15-8-5-9-16-20)18(3)11-10-14-19-12-6-4-7-13-19/h4-10,12-18H,11H2,1-3H3/b14-10+,22-21-. The van der Waals surface area contributed by atoms with Crippen LogP contribution in [0.4, 0.5) is 0 Å². The molecule has 0 heterocycles. The fourth-order valence-corrected chi connectivity index (χ4v) is 3.37. The number of ether oxygens (including phenoxy) is 1. The average molecular weight is 372 g/mol. The van der Waals surface area contributed by atoms with E-state index in [1.54, 1.807) is 18.2 Å². The number of benzene rings is 2. The van der Waals surface area contributed by atoms with Gasteiger partial charge in [0.2, 0.25) is 5.90 Å². The summed E-state index contributed by atoms with van der Waals surface area (Å²) in [5.74, 6) is 0.0809. The van der Waals surface area contributed by atoms with E-state index < -0.39 is 10.0 Å². The van der Waals surface area contributed by atoms with Crippen LogP contribution in [0.2, 0.25) is 0 Å². The van der Waals surface area contributed by atoms with Gasteiger partial charge in [-0.25, -0.2) is 0 Å². The van der Waals surface area contributed by atoms with Crippen molar-refractivity contribution in [3.63, 3.8) is 0 Å². The third-order valence-corrected chi connectivity index (χ3v) is 4.92. The van der Waals surface area contributed by atoms with Crippen molar-refractivity contribution in [2.45, 2.75) is 38.2 Å². The molecule has 2 aromatic rings. The van der Waals surface area contributed by atoms with Gasteiger partial charge < -0.3 is 4.74 Å². The fourth-order valence-electron chi connectivity index (χ4n) is 2.31. The lowest BCUT2D eigenvalue weighted by Crippen LogP contribution is -2.21. The minimum atomic E-state index is -3.79. The summed E-state index contributed by atoms with van der Waals surface area (Å²) in [6, 6.07) is 18.1. The van der Waals surface area contributed by atoms with E-state index in [1.807, 2.05) is 63.3 Å². The largest absolute Gasteiger partial charge is 0.477 e. The highest BCUT2D eigenvalue weighted by molar-refractivity contribution is 7.90. The first-order valence-electron chi connectivity index (χ1n) is 8.66. The van der Waals surface area contributed by atoms with Crippen LogP contribution in [0.5, 0.6) is 0 Å². The van der Waals surface area contributed by atoms with Gasteiger partial charge in [0, 0.05) is 5.92 Å². The molecule has 0 spiro atoms. The summed E-state index contributed by atoms with van der Waals surface area (Å²) in [6.45, 7) is 5.63. The molecule has 1 atom stereocenters. The van der Waals surface area contributed by atoms with Gasteiger partial charge in [0.1, 0.15) is 0 Å². The Morgan fingerprint density at radius 1 is 1.00 bits per heavy atom. The number of nitrogens with zero attached hydrogens (tertiary/aromatic N) is 1. The Bertz CT molecular complexity index is 841. The summed E-state index contributed by atoms with van der Waals surface area (Å²) in [6.07, 6.45) is 4.49. The molecule has 0 aromatic heterocycles. The first-order valence-corrected chi connectivity index (χ1v) is 10.1. The smallest absolute Gasteiger partial charge is 0.285 e. The van der Waals surface area contributed by atoms with Gasteiger partial charge in [-0.2, -0.15) is 8.42 Å². The summed E-state index contributed by atoms with van der Waals surface area (Å²) in [7, 11) is -3.79. The van der Waals surface area contributed by atoms with Crippen LogP contribution in [0.25, 0.3) is 6.08 Å². The Hall–Kier alpha value is -2.40. The molecule has 1 unspecified atom stereocenters. The van der Waals surface area contributed by atoms with Gasteiger partial charge in [0.05, 0.1) is 11.0 Å². The number of rotatable bonds is 7. The molecule has 0 N–H and O–H groups in total. The van der Waals surface area contributed by atoms with Crippen LogP contribution >= 0.6 is 0 Å². The summed E-state index contributed by atoms with van der Waals surface area (Å²) in [5, 5.41) is 0. The maximum atomic E-state index is 12.5. The highest BCUT2D eigenvalue weighted by Gasteiger charge is 2.19. The molecule has 0 fully saturated rings. The molecule has 0 saturated heterocycles. The number of sulfonamides is 1. The number of allylic oxidation sites excluding steroid dienone is 1. The van der Waals surface area contributed by atoms with Crippen molar-refractivity contribution in [3.05, 3.63) is 72.3 Å². The molecule has 0 bridgehead atoms. The maximum Gasteiger partial charge on any atom is 0.285 e. The van der Waals surface area contributed by atoms with Gasteiger partial charge in [0.15, 0.2) is 0 Å². The molecule has 2 aromatic carbocycles. The summed E-state index contributed by atoms with van der Waals surface area (Å²) in [5.41, 5.74) is 1.10. The van der Waals surface area contributed by atoms with Crippen molar-refractivity contribution in [2.75, 3.05) is 0 Å². The molecule has 0 aliphatic heterocycles. The van der Waals surface area contributed by atoms with Crippen molar-refractivity contribution in [3.8, 4) is 0 Å². The van der Waals surface area contributed by atoms with Gasteiger partial charge in [-0.1, -0.05) is 67.6 Å². The zero-order valence-corrected chi connectivity index (χ0v) is 16.2. The quantitative estimate of drug-likeness (QED) is 0.512. The molecule has 2 rings (SSSR count). The zero-order valence-electron chi connectivity index (χ0n) is 15.4. The lowest BCUT2D eigenvalue weighted by molar-refractivity contribution is 0.213.